The summed E-state index contributed by atoms with van der Waals surface area (Å²) in [6, 6.07) is 8.70. The number of likely N-dealkylation sites (N-methyl/N-ethyl adjacent to an activating group) is 1. The van der Waals surface area contributed by atoms with E-state index in [0.717, 1.165) is 6.54 Å². The van der Waals surface area contributed by atoms with Gasteiger partial charge in [-0.2, -0.15) is 5.26 Å². The molecule has 0 saturated carbocycles. The van der Waals surface area contributed by atoms with Gasteiger partial charge >= 0.3 is 0 Å². The molecule has 1 aromatic rings. The molecule has 0 heterocycles. The summed E-state index contributed by atoms with van der Waals surface area (Å²) in [5.41, 5.74) is 0.572. The molecular weight excluding hydrogens is 244 g/mol. The maximum absolute atomic E-state index is 9.81. The first kappa shape index (κ1) is 15.4. The van der Waals surface area contributed by atoms with Gasteiger partial charge in [-0.15, -0.1) is 0 Å². The number of ether oxygens (including phenoxy) is 1. The molecule has 2 unspecified atom stereocenters. The molecule has 104 valence electrons. The van der Waals surface area contributed by atoms with Crippen LogP contribution >= 0.6 is 0 Å². The van der Waals surface area contributed by atoms with Crippen molar-refractivity contribution in [2.45, 2.75) is 18.6 Å². The van der Waals surface area contributed by atoms with Gasteiger partial charge in [-0.1, -0.05) is 12.1 Å². The Balaban J connectivity index is 2.54. The van der Waals surface area contributed by atoms with Crippen molar-refractivity contribution >= 4 is 0 Å². The van der Waals surface area contributed by atoms with E-state index in [0.29, 0.717) is 17.9 Å². The second kappa shape index (κ2) is 7.74. The third kappa shape index (κ3) is 5.26. The number of benzene rings is 1. The molecule has 5 nitrogen and oxygen atoms in total. The predicted molar refractivity (Wildman–Crippen MR) is 71.7 cm³/mol. The molecule has 0 saturated heterocycles. The highest BCUT2D eigenvalue weighted by Gasteiger charge is 2.17. The lowest BCUT2D eigenvalue weighted by molar-refractivity contribution is 0.0216. The standard InChI is InChI=1S/C14H20N2O3/c1-16(2)9-10-19-12-5-3-11(4-6-12)14(18)13(17)7-8-15/h3-6,13-14,17-18H,7,9-10H2,1-2H3. The van der Waals surface area contributed by atoms with Gasteiger partial charge in [-0.3, -0.25) is 0 Å². The van der Waals surface area contributed by atoms with Gasteiger partial charge in [0, 0.05) is 6.54 Å². The molecule has 0 aromatic heterocycles. The molecule has 5 heteroatoms. The SMILES string of the molecule is CN(C)CCOc1ccc(C(O)C(O)CC#N)cc1. The summed E-state index contributed by atoms with van der Waals surface area (Å²) in [5.74, 6) is 0.715. The minimum atomic E-state index is -1.06. The van der Waals surface area contributed by atoms with Crippen LogP contribution in [0.5, 0.6) is 5.75 Å². The van der Waals surface area contributed by atoms with Crippen LogP contribution in [-0.2, 0) is 0 Å². The van der Waals surface area contributed by atoms with Crippen molar-refractivity contribution in [3.05, 3.63) is 29.8 Å². The molecule has 0 radical (unpaired) electrons. The van der Waals surface area contributed by atoms with Crippen LogP contribution in [0.25, 0.3) is 0 Å². The summed E-state index contributed by atoms with van der Waals surface area (Å²) >= 11 is 0. The Kier molecular flexibility index (Phi) is 6.30. The Labute approximate surface area is 113 Å². The van der Waals surface area contributed by atoms with Crippen molar-refractivity contribution in [3.8, 4) is 11.8 Å². The predicted octanol–water partition coefficient (Wildman–Crippen LogP) is 0.935. The van der Waals surface area contributed by atoms with Crippen LogP contribution in [0.15, 0.2) is 24.3 Å². The zero-order chi connectivity index (χ0) is 14.3. The number of hydrogen-bond donors (Lipinski definition) is 2. The summed E-state index contributed by atoms with van der Waals surface area (Å²) in [7, 11) is 3.94. The fourth-order valence-corrected chi connectivity index (χ4v) is 1.53. The van der Waals surface area contributed by atoms with Crippen molar-refractivity contribution in [2.75, 3.05) is 27.2 Å². The van der Waals surface area contributed by atoms with E-state index >= 15 is 0 Å². The first-order valence-corrected chi connectivity index (χ1v) is 6.15. The molecule has 19 heavy (non-hydrogen) atoms. The summed E-state index contributed by atoms with van der Waals surface area (Å²) < 4.78 is 5.52. The quantitative estimate of drug-likeness (QED) is 0.766. The average Bonchev–Trinajstić information content (AvgIpc) is 2.38. The van der Waals surface area contributed by atoms with Gasteiger partial charge in [-0.25, -0.2) is 0 Å². The fourth-order valence-electron chi connectivity index (χ4n) is 1.53. The molecule has 2 N–H and O–H groups in total. The number of hydrogen-bond acceptors (Lipinski definition) is 5. The van der Waals surface area contributed by atoms with E-state index in [4.69, 9.17) is 10.00 Å². The molecule has 0 aliphatic carbocycles. The molecule has 0 aliphatic heterocycles. The molecule has 0 aliphatic rings. The Morgan fingerprint density at radius 2 is 1.89 bits per heavy atom. The van der Waals surface area contributed by atoms with Gasteiger partial charge in [0.2, 0.25) is 0 Å². The topological polar surface area (TPSA) is 76.7 Å². The minimum absolute atomic E-state index is 0.0950. The second-order valence-electron chi connectivity index (χ2n) is 4.60. The minimum Gasteiger partial charge on any atom is -0.492 e. The fraction of sp³-hybridized carbons (Fsp3) is 0.500. The highest BCUT2D eigenvalue weighted by molar-refractivity contribution is 5.29. The molecule has 2 atom stereocenters. The Bertz CT molecular complexity index is 412. The van der Waals surface area contributed by atoms with Crippen LogP contribution in [0.4, 0.5) is 0 Å². The normalized spacial score (nSPS) is 13.9. The summed E-state index contributed by atoms with van der Waals surface area (Å²) in [5, 5.41) is 27.8. The van der Waals surface area contributed by atoms with E-state index < -0.39 is 12.2 Å². The number of rotatable bonds is 7. The Morgan fingerprint density at radius 1 is 1.26 bits per heavy atom. The molecule has 1 aromatic carbocycles. The Morgan fingerprint density at radius 3 is 2.42 bits per heavy atom. The first-order valence-electron chi connectivity index (χ1n) is 6.15. The van der Waals surface area contributed by atoms with Crippen molar-refractivity contribution in [3.63, 3.8) is 0 Å². The van der Waals surface area contributed by atoms with Crippen LogP contribution in [-0.4, -0.2) is 48.5 Å². The van der Waals surface area contributed by atoms with Crippen LogP contribution in [0.2, 0.25) is 0 Å². The van der Waals surface area contributed by atoms with Crippen LogP contribution in [0, 0.1) is 11.3 Å². The first-order chi connectivity index (χ1) is 9.04. The van der Waals surface area contributed by atoms with E-state index in [9.17, 15) is 10.2 Å². The van der Waals surface area contributed by atoms with E-state index in [1.165, 1.54) is 0 Å². The van der Waals surface area contributed by atoms with E-state index in [2.05, 4.69) is 0 Å². The Hall–Kier alpha value is -1.61. The van der Waals surface area contributed by atoms with Crippen molar-refractivity contribution < 1.29 is 14.9 Å². The van der Waals surface area contributed by atoms with Crippen LogP contribution < -0.4 is 4.74 Å². The smallest absolute Gasteiger partial charge is 0.119 e. The molecule has 0 spiro atoms. The van der Waals surface area contributed by atoms with Crippen LogP contribution in [0.1, 0.15) is 18.1 Å². The summed E-state index contributed by atoms with van der Waals surface area (Å²) in [6.07, 6.45) is -2.21. The lowest BCUT2D eigenvalue weighted by Gasteiger charge is -2.16. The highest BCUT2D eigenvalue weighted by atomic mass is 16.5. The number of aliphatic hydroxyl groups excluding tert-OH is 2. The highest BCUT2D eigenvalue weighted by Crippen LogP contribution is 2.21. The average molecular weight is 264 g/mol. The zero-order valence-electron chi connectivity index (χ0n) is 11.3. The van der Waals surface area contributed by atoms with Gasteiger partial charge in [0.25, 0.3) is 0 Å². The summed E-state index contributed by atoms with van der Waals surface area (Å²) in [4.78, 5) is 2.02. The monoisotopic (exact) mass is 264 g/mol. The zero-order valence-corrected chi connectivity index (χ0v) is 11.3. The molecule has 0 fully saturated rings. The van der Waals surface area contributed by atoms with Crippen LogP contribution in [0.3, 0.4) is 0 Å². The van der Waals surface area contributed by atoms with E-state index in [-0.39, 0.29) is 6.42 Å². The van der Waals surface area contributed by atoms with Crippen molar-refractivity contribution in [2.24, 2.45) is 0 Å². The molecule has 0 bridgehead atoms. The van der Waals surface area contributed by atoms with Gasteiger partial charge in [0.1, 0.15) is 18.5 Å². The lowest BCUT2D eigenvalue weighted by Crippen LogP contribution is -2.19. The maximum atomic E-state index is 9.81. The van der Waals surface area contributed by atoms with Crippen molar-refractivity contribution in [1.82, 2.24) is 4.90 Å². The largest absolute Gasteiger partial charge is 0.492 e. The third-order valence-electron chi connectivity index (χ3n) is 2.69. The molecule has 1 rings (SSSR count). The number of nitriles is 1. The number of nitrogens with zero attached hydrogens (tertiary/aromatic N) is 2. The van der Waals surface area contributed by atoms with Gasteiger partial charge in [0.15, 0.2) is 0 Å². The third-order valence-corrected chi connectivity index (χ3v) is 2.69. The second-order valence-corrected chi connectivity index (χ2v) is 4.60. The van der Waals surface area contributed by atoms with Gasteiger partial charge in [0.05, 0.1) is 18.6 Å². The molecular formula is C14H20N2O3. The summed E-state index contributed by atoms with van der Waals surface area (Å²) in [6.45, 7) is 1.41. The van der Waals surface area contributed by atoms with E-state index in [1.54, 1.807) is 24.3 Å². The number of aliphatic hydroxyl groups is 2. The van der Waals surface area contributed by atoms with E-state index in [1.807, 2.05) is 25.1 Å². The van der Waals surface area contributed by atoms with Crippen molar-refractivity contribution in [1.29, 1.82) is 5.26 Å². The maximum Gasteiger partial charge on any atom is 0.119 e. The van der Waals surface area contributed by atoms with Gasteiger partial charge < -0.3 is 19.8 Å². The lowest BCUT2D eigenvalue weighted by atomic mass is 10.0. The molecule has 0 amide bonds. The van der Waals surface area contributed by atoms with Gasteiger partial charge in [-0.05, 0) is 31.8 Å².